The second-order valence-corrected chi connectivity index (χ2v) is 7.47. The van der Waals surface area contributed by atoms with E-state index in [1.807, 2.05) is 60.3 Å². The summed E-state index contributed by atoms with van der Waals surface area (Å²) < 4.78 is 0. The minimum Gasteiger partial charge on any atom is -0.378 e. The number of nitrogens with zero attached hydrogens (tertiary/aromatic N) is 2. The molecule has 1 saturated heterocycles. The van der Waals surface area contributed by atoms with Gasteiger partial charge in [-0.15, -0.1) is 0 Å². The zero-order chi connectivity index (χ0) is 18.5. The summed E-state index contributed by atoms with van der Waals surface area (Å²) >= 11 is 0. The highest BCUT2D eigenvalue weighted by Crippen LogP contribution is 2.30. The van der Waals surface area contributed by atoms with Crippen LogP contribution in [0.5, 0.6) is 0 Å². The SMILES string of the molecule is CN(C)c1ccc(NC(=O)C2CC=CCC2C(=O)N2CCCCC2)cc1. The molecule has 0 radical (unpaired) electrons. The molecule has 1 aromatic rings. The fraction of sp³-hybridized carbons (Fsp3) is 0.524. The Morgan fingerprint density at radius 3 is 2.19 bits per heavy atom. The molecule has 1 aliphatic heterocycles. The molecule has 1 fully saturated rings. The third-order valence-corrected chi connectivity index (χ3v) is 5.41. The molecule has 5 heteroatoms. The van der Waals surface area contributed by atoms with Gasteiger partial charge in [-0.3, -0.25) is 9.59 Å². The molecule has 0 spiro atoms. The van der Waals surface area contributed by atoms with Gasteiger partial charge in [-0.25, -0.2) is 0 Å². The summed E-state index contributed by atoms with van der Waals surface area (Å²) in [6.45, 7) is 1.67. The minimum absolute atomic E-state index is 0.0534. The number of benzene rings is 1. The molecule has 3 rings (SSSR count). The first-order chi connectivity index (χ1) is 12.6. The molecule has 5 nitrogen and oxygen atoms in total. The van der Waals surface area contributed by atoms with E-state index < -0.39 is 0 Å². The van der Waals surface area contributed by atoms with E-state index in [1.165, 1.54) is 6.42 Å². The second-order valence-electron chi connectivity index (χ2n) is 7.47. The topological polar surface area (TPSA) is 52.7 Å². The van der Waals surface area contributed by atoms with Crippen molar-refractivity contribution < 1.29 is 9.59 Å². The average molecular weight is 355 g/mol. The summed E-state index contributed by atoms with van der Waals surface area (Å²) in [6, 6.07) is 7.78. The number of allylic oxidation sites excluding steroid dienone is 2. The fourth-order valence-electron chi connectivity index (χ4n) is 3.80. The maximum atomic E-state index is 12.9. The van der Waals surface area contributed by atoms with Gasteiger partial charge in [0.1, 0.15) is 0 Å². The predicted molar refractivity (Wildman–Crippen MR) is 105 cm³/mol. The van der Waals surface area contributed by atoms with Gasteiger partial charge in [0, 0.05) is 38.6 Å². The van der Waals surface area contributed by atoms with E-state index in [4.69, 9.17) is 0 Å². The summed E-state index contributed by atoms with van der Waals surface area (Å²) in [5.74, 6) is -0.429. The minimum atomic E-state index is -0.289. The van der Waals surface area contributed by atoms with Crippen LogP contribution in [0.3, 0.4) is 0 Å². The Kier molecular flexibility index (Phi) is 5.96. The molecular formula is C21H29N3O2. The van der Waals surface area contributed by atoms with E-state index >= 15 is 0 Å². The van der Waals surface area contributed by atoms with Crippen molar-refractivity contribution in [1.82, 2.24) is 4.90 Å². The van der Waals surface area contributed by atoms with Gasteiger partial charge in [-0.2, -0.15) is 0 Å². The first-order valence-electron chi connectivity index (χ1n) is 9.58. The number of carbonyl (C=O) groups excluding carboxylic acids is 2. The van der Waals surface area contributed by atoms with Crippen LogP contribution in [0.1, 0.15) is 32.1 Å². The van der Waals surface area contributed by atoms with Gasteiger partial charge in [-0.1, -0.05) is 12.2 Å². The number of amides is 2. The van der Waals surface area contributed by atoms with E-state index in [1.54, 1.807) is 0 Å². The van der Waals surface area contributed by atoms with Crippen LogP contribution in [0.2, 0.25) is 0 Å². The van der Waals surface area contributed by atoms with Crippen LogP contribution in [-0.2, 0) is 9.59 Å². The van der Waals surface area contributed by atoms with Crippen LogP contribution in [-0.4, -0.2) is 43.9 Å². The van der Waals surface area contributed by atoms with Crippen LogP contribution in [0.4, 0.5) is 11.4 Å². The van der Waals surface area contributed by atoms with Crippen LogP contribution in [0.15, 0.2) is 36.4 Å². The molecular weight excluding hydrogens is 326 g/mol. The van der Waals surface area contributed by atoms with Crippen molar-refractivity contribution in [2.24, 2.45) is 11.8 Å². The molecule has 140 valence electrons. The van der Waals surface area contributed by atoms with Gasteiger partial charge in [-0.05, 0) is 56.4 Å². The zero-order valence-electron chi connectivity index (χ0n) is 15.8. The third-order valence-electron chi connectivity index (χ3n) is 5.41. The molecule has 26 heavy (non-hydrogen) atoms. The third kappa shape index (κ3) is 4.26. The van der Waals surface area contributed by atoms with E-state index in [9.17, 15) is 9.59 Å². The first-order valence-corrected chi connectivity index (χ1v) is 9.58. The number of piperidine rings is 1. The molecule has 2 atom stereocenters. The number of carbonyl (C=O) groups is 2. The lowest BCUT2D eigenvalue weighted by molar-refractivity contribution is -0.141. The Morgan fingerprint density at radius 2 is 1.58 bits per heavy atom. The molecule has 2 amide bonds. The highest BCUT2D eigenvalue weighted by atomic mass is 16.2. The Hall–Kier alpha value is -2.30. The number of nitrogens with one attached hydrogen (secondary N) is 1. The van der Waals surface area contributed by atoms with Crippen molar-refractivity contribution >= 4 is 23.2 Å². The number of anilines is 2. The molecule has 1 aromatic carbocycles. The maximum Gasteiger partial charge on any atom is 0.228 e. The summed E-state index contributed by atoms with van der Waals surface area (Å²) in [4.78, 5) is 29.8. The Labute approximate surface area is 156 Å². The van der Waals surface area contributed by atoms with Crippen molar-refractivity contribution in [2.75, 3.05) is 37.4 Å². The van der Waals surface area contributed by atoms with Gasteiger partial charge in [0.05, 0.1) is 11.8 Å². The number of hydrogen-bond acceptors (Lipinski definition) is 3. The molecule has 1 heterocycles. The average Bonchev–Trinajstić information content (AvgIpc) is 2.68. The zero-order valence-corrected chi connectivity index (χ0v) is 15.8. The molecule has 0 saturated carbocycles. The van der Waals surface area contributed by atoms with E-state index in [2.05, 4.69) is 5.32 Å². The van der Waals surface area contributed by atoms with E-state index in [0.29, 0.717) is 12.8 Å². The van der Waals surface area contributed by atoms with E-state index in [-0.39, 0.29) is 23.7 Å². The van der Waals surface area contributed by atoms with Crippen molar-refractivity contribution in [3.63, 3.8) is 0 Å². The largest absolute Gasteiger partial charge is 0.378 e. The lowest BCUT2D eigenvalue weighted by Gasteiger charge is -2.34. The lowest BCUT2D eigenvalue weighted by atomic mass is 9.81. The molecule has 1 aliphatic carbocycles. The highest BCUT2D eigenvalue weighted by molar-refractivity contribution is 5.96. The number of likely N-dealkylation sites (tertiary alicyclic amines) is 1. The summed E-state index contributed by atoms with van der Waals surface area (Å²) in [5, 5.41) is 3.00. The van der Waals surface area contributed by atoms with Crippen LogP contribution < -0.4 is 10.2 Å². The quantitative estimate of drug-likeness (QED) is 0.843. The van der Waals surface area contributed by atoms with Gasteiger partial charge in [0.25, 0.3) is 0 Å². The maximum absolute atomic E-state index is 12.9. The van der Waals surface area contributed by atoms with E-state index in [0.717, 1.165) is 37.3 Å². The lowest BCUT2D eigenvalue weighted by Crippen LogP contribution is -2.45. The molecule has 2 unspecified atom stereocenters. The van der Waals surface area contributed by atoms with Crippen LogP contribution in [0.25, 0.3) is 0 Å². The van der Waals surface area contributed by atoms with Gasteiger partial charge >= 0.3 is 0 Å². The Balaban J connectivity index is 1.67. The number of hydrogen-bond donors (Lipinski definition) is 1. The van der Waals surface area contributed by atoms with Gasteiger partial charge in [0.2, 0.25) is 11.8 Å². The van der Waals surface area contributed by atoms with Crippen LogP contribution in [0, 0.1) is 11.8 Å². The predicted octanol–water partition coefficient (Wildman–Crippen LogP) is 3.29. The normalized spacial score (nSPS) is 22.8. The fourth-order valence-corrected chi connectivity index (χ4v) is 3.80. The van der Waals surface area contributed by atoms with Crippen molar-refractivity contribution in [3.05, 3.63) is 36.4 Å². The Morgan fingerprint density at radius 1 is 0.962 bits per heavy atom. The van der Waals surface area contributed by atoms with Crippen molar-refractivity contribution in [2.45, 2.75) is 32.1 Å². The molecule has 0 aromatic heterocycles. The molecule has 0 bridgehead atoms. The molecule has 1 N–H and O–H groups in total. The monoisotopic (exact) mass is 355 g/mol. The summed E-state index contributed by atoms with van der Waals surface area (Å²) in [7, 11) is 3.97. The number of rotatable bonds is 4. The standard InChI is InChI=1S/C21H29N3O2/c1-23(2)17-12-10-16(11-13-17)22-20(25)18-8-4-5-9-19(18)21(26)24-14-6-3-7-15-24/h4-5,10-13,18-19H,3,6-9,14-15H2,1-2H3,(H,22,25). The first kappa shape index (κ1) is 18.5. The Bertz CT molecular complexity index is 660. The molecule has 2 aliphatic rings. The summed E-state index contributed by atoms with van der Waals surface area (Å²) in [6.07, 6.45) is 8.70. The van der Waals surface area contributed by atoms with Crippen LogP contribution >= 0.6 is 0 Å². The van der Waals surface area contributed by atoms with Crippen molar-refractivity contribution in [1.29, 1.82) is 0 Å². The second kappa shape index (κ2) is 8.39. The van der Waals surface area contributed by atoms with Gasteiger partial charge < -0.3 is 15.1 Å². The smallest absolute Gasteiger partial charge is 0.228 e. The van der Waals surface area contributed by atoms with Crippen molar-refractivity contribution in [3.8, 4) is 0 Å². The summed E-state index contributed by atoms with van der Waals surface area (Å²) in [5.41, 5.74) is 1.86. The van der Waals surface area contributed by atoms with Gasteiger partial charge in [0.15, 0.2) is 0 Å². The highest BCUT2D eigenvalue weighted by Gasteiger charge is 2.36.